The number of fused-ring (bicyclic) bond motifs is 9. The SMILES string of the molecule is C=CC(=O)OCCN(C)c1ccc(-c2cc3c(s2)-c2sc4c5c(sc4c2C3(c2ccc(CCCCCC)cc2)c2ccc(CCCCCC)cc2)-c2sc(/C=C/C3=C(C#N)C(=C(C#N)C#N)OC3(C)C)cc2C5(c2ccc(CCCCCC)cc2)c2ccc(CCCCCC)cc2)c(OC)c1. The lowest BCUT2D eigenvalue weighted by Gasteiger charge is -2.34. The first-order valence-electron chi connectivity index (χ1n) is 36.8. The van der Waals surface area contributed by atoms with E-state index in [-0.39, 0.29) is 23.5 Å². The fourth-order valence-electron chi connectivity index (χ4n) is 15.6. The van der Waals surface area contributed by atoms with E-state index in [1.807, 2.05) is 73.1 Å². The predicted octanol–water partition coefficient (Wildman–Crippen LogP) is 24.1. The van der Waals surface area contributed by atoms with Crippen molar-refractivity contribution in [2.24, 2.45) is 0 Å². The Morgan fingerprint density at radius 2 is 1.00 bits per heavy atom. The highest BCUT2D eigenvalue weighted by Gasteiger charge is 2.55. The molecule has 0 fully saturated rings. The summed E-state index contributed by atoms with van der Waals surface area (Å²) in [6.07, 6.45) is 28.6. The van der Waals surface area contributed by atoms with Gasteiger partial charge in [0.05, 0.1) is 53.4 Å². The van der Waals surface area contributed by atoms with Gasteiger partial charge in [0, 0.05) is 56.9 Å². The average molecular weight is 1410 g/mol. The Bertz CT molecular complexity index is 4570. The summed E-state index contributed by atoms with van der Waals surface area (Å²) < 4.78 is 20.7. The van der Waals surface area contributed by atoms with Gasteiger partial charge >= 0.3 is 5.97 Å². The number of methoxy groups -OCH3 is 1. The number of hydrogen-bond acceptors (Lipinski definition) is 12. The summed E-state index contributed by atoms with van der Waals surface area (Å²) in [5.41, 5.74) is 15.8. The van der Waals surface area contributed by atoms with Crippen LogP contribution in [0.25, 0.3) is 45.4 Å². The first-order valence-corrected chi connectivity index (χ1v) is 40.1. The number of carbonyl (C=O) groups excluding carboxylic acids is 1. The zero-order valence-electron chi connectivity index (χ0n) is 60.2. The molecule has 0 saturated heterocycles. The highest BCUT2D eigenvalue weighted by atomic mass is 32.1. The van der Waals surface area contributed by atoms with Gasteiger partial charge < -0.3 is 19.1 Å². The van der Waals surface area contributed by atoms with Gasteiger partial charge in [-0.05, 0) is 151 Å². The molecule has 0 spiro atoms. The third-order valence-corrected chi connectivity index (χ3v) is 26.1. The number of thiophene rings is 4. The van der Waals surface area contributed by atoms with Crippen LogP contribution in [0.3, 0.4) is 0 Å². The third-order valence-electron chi connectivity index (χ3n) is 21.0. The van der Waals surface area contributed by atoms with Crippen molar-refractivity contribution in [2.75, 3.05) is 32.2 Å². The Labute approximate surface area is 615 Å². The number of esters is 1. The maximum Gasteiger partial charge on any atom is 0.330 e. The number of unbranched alkanes of at least 4 members (excludes halogenated alkanes) is 12. The summed E-state index contributed by atoms with van der Waals surface area (Å²) in [5.74, 6) is 0.369. The second kappa shape index (κ2) is 32.2. The largest absolute Gasteiger partial charge is 0.496 e. The minimum atomic E-state index is -0.972. The van der Waals surface area contributed by atoms with Gasteiger partial charge in [0.2, 0.25) is 0 Å². The smallest absolute Gasteiger partial charge is 0.330 e. The van der Waals surface area contributed by atoms with Crippen molar-refractivity contribution in [3.63, 3.8) is 0 Å². The Hall–Kier alpha value is -8.54. The second-order valence-electron chi connectivity index (χ2n) is 28.0. The summed E-state index contributed by atoms with van der Waals surface area (Å²) >= 11 is 7.62. The van der Waals surface area contributed by atoms with Gasteiger partial charge in [0.25, 0.3) is 0 Å². The summed E-state index contributed by atoms with van der Waals surface area (Å²) in [6, 6.07) is 56.5. The van der Waals surface area contributed by atoms with Crippen LogP contribution >= 0.6 is 45.3 Å². The number of likely N-dealkylation sites (N-methyl/N-ethyl adjacent to an activating group) is 1. The molecule has 0 radical (unpaired) electrons. The maximum atomic E-state index is 12.0. The maximum absolute atomic E-state index is 12.0. The van der Waals surface area contributed by atoms with Crippen LogP contribution < -0.4 is 9.64 Å². The van der Waals surface area contributed by atoms with Crippen LogP contribution in [0.1, 0.15) is 216 Å². The summed E-state index contributed by atoms with van der Waals surface area (Å²) in [5, 5.41) is 30.7. The molecule has 0 bridgehead atoms. The molecule has 5 aromatic carbocycles. The molecule has 0 amide bonds. The van der Waals surface area contributed by atoms with Gasteiger partial charge in [-0.2, -0.15) is 15.8 Å². The monoisotopic (exact) mass is 1410 g/mol. The van der Waals surface area contributed by atoms with Crippen molar-refractivity contribution in [3.05, 3.63) is 240 Å². The Kier molecular flexibility index (Phi) is 23.0. The summed E-state index contributed by atoms with van der Waals surface area (Å²) in [6.45, 7) is 17.2. The number of aryl methyl sites for hydroxylation is 4. The van der Waals surface area contributed by atoms with E-state index in [4.69, 9.17) is 14.2 Å². The molecule has 0 unspecified atom stereocenters. The number of hydrogen-bond donors (Lipinski definition) is 0. The van der Waals surface area contributed by atoms with Crippen LogP contribution in [0.2, 0.25) is 0 Å². The van der Waals surface area contributed by atoms with Crippen molar-refractivity contribution in [1.29, 1.82) is 15.8 Å². The highest BCUT2D eigenvalue weighted by molar-refractivity contribution is 7.35. The van der Waals surface area contributed by atoms with E-state index in [1.165, 1.54) is 179 Å². The average Bonchev–Trinajstić information content (AvgIpc) is 1.49. The number of benzene rings is 5. The van der Waals surface area contributed by atoms with Gasteiger partial charge in [0.15, 0.2) is 11.3 Å². The van der Waals surface area contributed by atoms with Crippen molar-refractivity contribution in [2.45, 2.75) is 186 Å². The van der Waals surface area contributed by atoms with Crippen LogP contribution in [0.5, 0.6) is 5.75 Å². The van der Waals surface area contributed by atoms with Gasteiger partial charge in [-0.25, -0.2) is 4.79 Å². The van der Waals surface area contributed by atoms with Gasteiger partial charge in [-0.15, -0.1) is 45.3 Å². The van der Waals surface area contributed by atoms with Crippen LogP contribution in [0.4, 0.5) is 5.69 Å². The number of anilines is 1. The minimum absolute atomic E-state index is 0.0343. The van der Waals surface area contributed by atoms with Crippen molar-refractivity contribution in [1.82, 2.24) is 0 Å². The van der Waals surface area contributed by atoms with Crippen molar-refractivity contribution >= 4 is 72.5 Å². The van der Waals surface area contributed by atoms with E-state index in [0.717, 1.165) is 78.1 Å². The zero-order valence-corrected chi connectivity index (χ0v) is 63.4. The molecule has 101 heavy (non-hydrogen) atoms. The third kappa shape index (κ3) is 14.0. The number of carbonyl (C=O) groups is 1. The number of ether oxygens (including phenoxy) is 3. The standard InChI is InChI=1S/C89H94N4O4S4/c1-10-15-19-23-27-59-31-39-64(40-32-59)88(65-41-33-60(34-42-65)28-24-20-16-11-2)73-54-69(48-50-72-71(58-92)80(63(56-90)57-91)97-87(72,6)7)98-81(73)83-78(88)85-86(100-83)79-84(101-85)82-74(55-76(99-82)70-49-47-68(53-75(70)95-9)93(8)51-52-96-77(94)14-5)89(79,66-43-35-61(36-44-66)29-25-21-17-12-3)67-45-37-62(38-46-67)30-26-22-18-13-4/h14,31-50,53-55H,5,10-13,15-30,51-52H2,1-4,6-9H3/b50-48+. The fourth-order valence-corrected chi connectivity index (χ4v) is 21.4. The Balaban J connectivity index is 1.13. The molecule has 12 heteroatoms. The molecule has 3 aliphatic rings. The topological polar surface area (TPSA) is 119 Å². The number of nitriles is 3. The molecule has 8 nitrogen and oxygen atoms in total. The molecule has 0 atom stereocenters. The lowest BCUT2D eigenvalue weighted by Crippen LogP contribution is -2.29. The van der Waals surface area contributed by atoms with E-state index in [1.54, 1.807) is 18.4 Å². The molecule has 9 aromatic rings. The molecule has 0 N–H and O–H groups in total. The Morgan fingerprint density at radius 3 is 1.42 bits per heavy atom. The molecule has 2 aliphatic carbocycles. The normalized spacial score (nSPS) is 14.3. The van der Waals surface area contributed by atoms with Gasteiger partial charge in [0.1, 0.15) is 41.7 Å². The fraction of sp³-hybridized carbons (Fsp3) is 0.371. The Morgan fingerprint density at radius 1 is 0.554 bits per heavy atom. The van der Waals surface area contributed by atoms with Gasteiger partial charge in [-0.1, -0.05) is 214 Å². The molecular weight excluding hydrogens is 1320 g/mol. The van der Waals surface area contributed by atoms with Crippen LogP contribution in [0.15, 0.2) is 169 Å². The second-order valence-corrected chi connectivity index (χ2v) is 32.2. The molecule has 1 aliphatic heterocycles. The molecule has 12 rings (SSSR count). The minimum Gasteiger partial charge on any atom is -0.496 e. The van der Waals surface area contributed by atoms with Crippen LogP contribution in [0, 0.1) is 34.0 Å². The summed E-state index contributed by atoms with van der Waals surface area (Å²) in [4.78, 5) is 21.4. The molecule has 0 saturated carbocycles. The zero-order chi connectivity index (χ0) is 70.8. The number of allylic oxidation sites excluding steroid dienone is 2. The summed E-state index contributed by atoms with van der Waals surface area (Å²) in [7, 11) is 3.77. The van der Waals surface area contributed by atoms with E-state index in [9.17, 15) is 20.6 Å². The lowest BCUT2D eigenvalue weighted by atomic mass is 9.67. The number of nitrogens with zero attached hydrogens (tertiary/aromatic N) is 4. The molecule has 5 heterocycles. The quantitative estimate of drug-likeness (QED) is 0.0173. The predicted molar refractivity (Wildman–Crippen MR) is 423 cm³/mol. The number of rotatable bonds is 33. The van der Waals surface area contributed by atoms with Crippen molar-refractivity contribution in [3.8, 4) is 53.9 Å². The van der Waals surface area contributed by atoms with Crippen LogP contribution in [-0.4, -0.2) is 38.9 Å². The van der Waals surface area contributed by atoms with Gasteiger partial charge in [-0.3, -0.25) is 0 Å². The van der Waals surface area contributed by atoms with Crippen molar-refractivity contribution < 1.29 is 19.0 Å². The molecule has 518 valence electrons. The van der Waals surface area contributed by atoms with E-state index in [0.29, 0.717) is 12.1 Å². The molecular formula is C89H94N4O4S4. The first-order chi connectivity index (χ1) is 49.2. The molecule has 4 aromatic heterocycles. The van der Waals surface area contributed by atoms with E-state index in [2.05, 4.69) is 179 Å². The van der Waals surface area contributed by atoms with E-state index >= 15 is 0 Å². The first kappa shape index (κ1) is 72.3. The highest BCUT2D eigenvalue weighted by Crippen LogP contribution is 2.70. The van der Waals surface area contributed by atoms with Crippen LogP contribution in [-0.2, 0) is 50.8 Å². The van der Waals surface area contributed by atoms with E-state index < -0.39 is 22.4 Å². The lowest BCUT2D eigenvalue weighted by molar-refractivity contribution is -0.137.